The Morgan fingerprint density at radius 2 is 1.85 bits per heavy atom. The van der Waals surface area contributed by atoms with Crippen LogP contribution in [0.2, 0.25) is 0 Å². The van der Waals surface area contributed by atoms with Crippen LogP contribution in [0.25, 0.3) is 0 Å². The molecule has 1 unspecified atom stereocenters. The van der Waals surface area contributed by atoms with E-state index >= 15 is 0 Å². The predicted molar refractivity (Wildman–Crippen MR) is 77.8 cm³/mol. The Balaban J connectivity index is 1.54. The lowest BCUT2D eigenvalue weighted by atomic mass is 9.48. The van der Waals surface area contributed by atoms with Crippen molar-refractivity contribution >= 4 is 0 Å². The van der Waals surface area contributed by atoms with E-state index in [1.54, 1.807) is 6.33 Å². The zero-order valence-corrected chi connectivity index (χ0v) is 12.5. The zero-order valence-electron chi connectivity index (χ0n) is 12.5. The number of rotatable bonds is 4. The molecule has 0 spiro atoms. The SMILES string of the molecule is CCn1ncnc1C(N)CC12CC3CC(CC(C3)C1)C2. The van der Waals surface area contributed by atoms with Gasteiger partial charge in [-0.1, -0.05) is 0 Å². The summed E-state index contributed by atoms with van der Waals surface area (Å²) in [5.41, 5.74) is 7.04. The highest BCUT2D eigenvalue weighted by atomic mass is 15.3. The Labute approximate surface area is 121 Å². The van der Waals surface area contributed by atoms with E-state index in [9.17, 15) is 0 Å². The molecule has 0 aromatic carbocycles. The Kier molecular flexibility index (Phi) is 2.92. The van der Waals surface area contributed by atoms with Crippen molar-refractivity contribution in [1.82, 2.24) is 14.8 Å². The number of nitrogens with zero attached hydrogens (tertiary/aromatic N) is 3. The zero-order chi connectivity index (χ0) is 13.7. The van der Waals surface area contributed by atoms with Gasteiger partial charge in [0.15, 0.2) is 0 Å². The average Bonchev–Trinajstić information content (AvgIpc) is 2.84. The van der Waals surface area contributed by atoms with Gasteiger partial charge in [0.05, 0.1) is 6.04 Å². The van der Waals surface area contributed by atoms with Crippen LogP contribution in [0, 0.1) is 23.2 Å². The monoisotopic (exact) mass is 274 g/mol. The molecule has 5 rings (SSSR count). The van der Waals surface area contributed by atoms with Crippen LogP contribution in [0.5, 0.6) is 0 Å². The van der Waals surface area contributed by atoms with E-state index in [0.717, 1.165) is 36.5 Å². The first-order valence-corrected chi connectivity index (χ1v) is 8.31. The molecular weight excluding hydrogens is 248 g/mol. The van der Waals surface area contributed by atoms with E-state index < -0.39 is 0 Å². The fraction of sp³-hybridized carbons (Fsp3) is 0.875. The van der Waals surface area contributed by atoms with E-state index in [2.05, 4.69) is 17.0 Å². The molecule has 20 heavy (non-hydrogen) atoms. The van der Waals surface area contributed by atoms with Gasteiger partial charge in [-0.25, -0.2) is 9.67 Å². The van der Waals surface area contributed by atoms with Gasteiger partial charge in [0.2, 0.25) is 0 Å². The van der Waals surface area contributed by atoms with Crippen molar-refractivity contribution in [3.05, 3.63) is 12.2 Å². The summed E-state index contributed by atoms with van der Waals surface area (Å²) in [6.07, 6.45) is 11.5. The van der Waals surface area contributed by atoms with Crippen LogP contribution >= 0.6 is 0 Å². The third-order valence-electron chi connectivity index (χ3n) is 6.09. The normalized spacial score (nSPS) is 40.2. The predicted octanol–water partition coefficient (Wildman–Crippen LogP) is 2.90. The van der Waals surface area contributed by atoms with Gasteiger partial charge in [-0.2, -0.15) is 5.10 Å². The molecule has 0 aliphatic heterocycles. The second kappa shape index (κ2) is 4.55. The van der Waals surface area contributed by atoms with Gasteiger partial charge in [0.1, 0.15) is 12.2 Å². The molecule has 0 radical (unpaired) electrons. The summed E-state index contributed by atoms with van der Waals surface area (Å²) >= 11 is 0. The van der Waals surface area contributed by atoms with Crippen molar-refractivity contribution in [2.24, 2.45) is 28.9 Å². The largest absolute Gasteiger partial charge is 0.321 e. The second-order valence-electron chi connectivity index (χ2n) is 7.66. The van der Waals surface area contributed by atoms with Gasteiger partial charge in [-0.15, -0.1) is 0 Å². The molecule has 4 aliphatic carbocycles. The van der Waals surface area contributed by atoms with Crippen molar-refractivity contribution in [1.29, 1.82) is 0 Å². The van der Waals surface area contributed by atoms with Crippen molar-refractivity contribution in [3.63, 3.8) is 0 Å². The third kappa shape index (κ3) is 2.00. The topological polar surface area (TPSA) is 56.7 Å². The minimum atomic E-state index is 0.0636. The number of aryl methyl sites for hydroxylation is 1. The lowest BCUT2D eigenvalue weighted by molar-refractivity contribution is -0.0610. The van der Waals surface area contributed by atoms with Crippen LogP contribution < -0.4 is 5.73 Å². The van der Waals surface area contributed by atoms with Crippen LogP contribution in [-0.4, -0.2) is 14.8 Å². The second-order valence-corrected chi connectivity index (χ2v) is 7.66. The van der Waals surface area contributed by atoms with E-state index in [-0.39, 0.29) is 6.04 Å². The summed E-state index contributed by atoms with van der Waals surface area (Å²) in [6.45, 7) is 2.97. The molecule has 0 amide bonds. The highest BCUT2D eigenvalue weighted by molar-refractivity contribution is 5.05. The van der Waals surface area contributed by atoms with E-state index in [1.807, 2.05) is 4.68 Å². The summed E-state index contributed by atoms with van der Waals surface area (Å²) in [4.78, 5) is 4.41. The standard InChI is InChI=1S/C16H26N4/c1-2-20-15(18-10-19-20)14(17)9-16-6-11-3-12(7-16)5-13(4-11)8-16/h10-14H,2-9,17H2,1H3. The summed E-state index contributed by atoms with van der Waals surface area (Å²) in [6, 6.07) is 0.0636. The Morgan fingerprint density at radius 3 is 2.40 bits per heavy atom. The van der Waals surface area contributed by atoms with Crippen molar-refractivity contribution < 1.29 is 0 Å². The number of hydrogen-bond acceptors (Lipinski definition) is 3. The van der Waals surface area contributed by atoms with Gasteiger partial charge in [-0.05, 0) is 75.0 Å². The summed E-state index contributed by atoms with van der Waals surface area (Å²) in [5.74, 6) is 3.98. The molecule has 2 N–H and O–H groups in total. The maximum atomic E-state index is 6.51. The molecule has 0 saturated heterocycles. The number of hydrogen-bond donors (Lipinski definition) is 1. The number of nitrogens with two attached hydrogens (primary N) is 1. The first kappa shape index (κ1) is 12.8. The van der Waals surface area contributed by atoms with Crippen LogP contribution in [0.4, 0.5) is 0 Å². The Morgan fingerprint density at radius 1 is 1.25 bits per heavy atom. The molecule has 1 aromatic heterocycles. The van der Waals surface area contributed by atoms with Gasteiger partial charge >= 0.3 is 0 Å². The van der Waals surface area contributed by atoms with Gasteiger partial charge in [0, 0.05) is 6.54 Å². The maximum Gasteiger partial charge on any atom is 0.143 e. The van der Waals surface area contributed by atoms with E-state index in [1.165, 1.54) is 38.5 Å². The Bertz CT molecular complexity index is 457. The van der Waals surface area contributed by atoms with Gasteiger partial charge in [-0.3, -0.25) is 0 Å². The lowest BCUT2D eigenvalue weighted by Crippen LogP contribution is -2.47. The first-order chi connectivity index (χ1) is 9.67. The summed E-state index contributed by atoms with van der Waals surface area (Å²) in [5, 5.41) is 4.28. The molecular formula is C16H26N4. The fourth-order valence-electron chi connectivity index (χ4n) is 5.90. The molecule has 1 aromatic rings. The van der Waals surface area contributed by atoms with Crippen LogP contribution in [0.15, 0.2) is 6.33 Å². The number of aromatic nitrogens is 3. The molecule has 4 nitrogen and oxygen atoms in total. The third-order valence-corrected chi connectivity index (χ3v) is 6.09. The van der Waals surface area contributed by atoms with Gasteiger partial charge < -0.3 is 5.73 Å². The molecule has 4 aliphatic rings. The highest BCUT2D eigenvalue weighted by Gasteiger charge is 2.51. The fourth-order valence-corrected chi connectivity index (χ4v) is 5.90. The first-order valence-electron chi connectivity index (χ1n) is 8.31. The molecule has 1 heterocycles. The van der Waals surface area contributed by atoms with Gasteiger partial charge in [0.25, 0.3) is 0 Å². The summed E-state index contributed by atoms with van der Waals surface area (Å²) < 4.78 is 1.96. The van der Waals surface area contributed by atoms with Crippen molar-refractivity contribution in [2.75, 3.05) is 0 Å². The van der Waals surface area contributed by atoms with Crippen LogP contribution in [0.3, 0.4) is 0 Å². The average molecular weight is 274 g/mol. The van der Waals surface area contributed by atoms with E-state index in [0.29, 0.717) is 5.41 Å². The van der Waals surface area contributed by atoms with Crippen LogP contribution in [-0.2, 0) is 6.54 Å². The highest BCUT2D eigenvalue weighted by Crippen LogP contribution is 2.62. The molecule has 110 valence electrons. The van der Waals surface area contributed by atoms with Crippen molar-refractivity contribution in [2.45, 2.75) is 64.5 Å². The quantitative estimate of drug-likeness (QED) is 0.918. The lowest BCUT2D eigenvalue weighted by Gasteiger charge is -2.57. The smallest absolute Gasteiger partial charge is 0.143 e. The summed E-state index contributed by atoms with van der Waals surface area (Å²) in [7, 11) is 0. The molecule has 4 heteroatoms. The molecule has 4 bridgehead atoms. The molecule has 4 fully saturated rings. The molecule has 1 atom stereocenters. The molecule has 4 saturated carbocycles. The van der Waals surface area contributed by atoms with Crippen LogP contribution in [0.1, 0.15) is 63.7 Å². The Hall–Kier alpha value is -0.900. The minimum Gasteiger partial charge on any atom is -0.321 e. The van der Waals surface area contributed by atoms with Crippen molar-refractivity contribution in [3.8, 4) is 0 Å². The van der Waals surface area contributed by atoms with E-state index in [4.69, 9.17) is 5.73 Å². The minimum absolute atomic E-state index is 0.0636. The maximum absolute atomic E-state index is 6.51.